The van der Waals surface area contributed by atoms with Gasteiger partial charge in [0.2, 0.25) is 0 Å². The van der Waals surface area contributed by atoms with Gasteiger partial charge in [-0.1, -0.05) is 48.5 Å². The summed E-state index contributed by atoms with van der Waals surface area (Å²) in [4.78, 5) is 0. The molecule has 0 saturated heterocycles. The Hall–Kier alpha value is -2.92. The molecule has 0 aliphatic rings. The van der Waals surface area contributed by atoms with Crippen LogP contribution < -0.4 is 15.2 Å². The molecule has 0 heterocycles. The summed E-state index contributed by atoms with van der Waals surface area (Å²) in [5.74, 6) is -0.828. The summed E-state index contributed by atoms with van der Waals surface area (Å²) in [6.07, 6.45) is 0. The molecule has 0 amide bonds. The first-order valence-electron chi connectivity index (χ1n) is 8.27. The van der Waals surface area contributed by atoms with Crippen molar-refractivity contribution in [2.75, 3.05) is 13.2 Å². The molecule has 0 saturated carbocycles. The van der Waals surface area contributed by atoms with Crippen LogP contribution in [-0.4, -0.2) is 13.2 Å². The number of hydrogen-bond donors (Lipinski definition) is 1. The summed E-state index contributed by atoms with van der Waals surface area (Å²) in [7, 11) is 0. The molecule has 5 heteroatoms. The Morgan fingerprint density at radius 2 is 1.62 bits per heavy atom. The number of halogens is 2. The Labute approximate surface area is 151 Å². The summed E-state index contributed by atoms with van der Waals surface area (Å²) in [6.45, 7) is 1.02. The summed E-state index contributed by atoms with van der Waals surface area (Å²) >= 11 is 0. The van der Waals surface area contributed by atoms with Crippen molar-refractivity contribution in [1.82, 2.24) is 0 Å². The summed E-state index contributed by atoms with van der Waals surface area (Å²) in [5.41, 5.74) is 7.15. The third-order valence-electron chi connectivity index (χ3n) is 3.82. The first-order chi connectivity index (χ1) is 12.7. The SMILES string of the molecule is NCCOc1ccc(-c2cccc(F)c2F)cc1OCc1ccccc1. The molecule has 26 heavy (non-hydrogen) atoms. The normalized spacial score (nSPS) is 10.6. The largest absolute Gasteiger partial charge is 0.488 e. The van der Waals surface area contributed by atoms with Gasteiger partial charge in [-0.2, -0.15) is 0 Å². The van der Waals surface area contributed by atoms with E-state index in [0.717, 1.165) is 11.6 Å². The van der Waals surface area contributed by atoms with Crippen LogP contribution in [0.4, 0.5) is 8.78 Å². The van der Waals surface area contributed by atoms with E-state index < -0.39 is 11.6 Å². The minimum absolute atomic E-state index is 0.167. The Morgan fingerprint density at radius 3 is 2.38 bits per heavy atom. The number of ether oxygens (including phenoxy) is 2. The van der Waals surface area contributed by atoms with Crippen LogP contribution in [-0.2, 0) is 6.61 Å². The zero-order valence-corrected chi connectivity index (χ0v) is 14.1. The third kappa shape index (κ3) is 4.18. The lowest BCUT2D eigenvalue weighted by Crippen LogP contribution is -2.11. The maximum atomic E-state index is 14.1. The highest BCUT2D eigenvalue weighted by atomic mass is 19.2. The molecule has 0 bridgehead atoms. The Balaban J connectivity index is 1.91. The summed E-state index contributed by atoms with van der Waals surface area (Å²) in [5, 5.41) is 0. The van der Waals surface area contributed by atoms with Crippen molar-refractivity contribution in [3.8, 4) is 22.6 Å². The maximum Gasteiger partial charge on any atom is 0.166 e. The van der Waals surface area contributed by atoms with Crippen molar-refractivity contribution in [2.24, 2.45) is 5.73 Å². The highest BCUT2D eigenvalue weighted by molar-refractivity contribution is 5.67. The van der Waals surface area contributed by atoms with Gasteiger partial charge in [0.25, 0.3) is 0 Å². The Morgan fingerprint density at radius 1 is 0.808 bits per heavy atom. The van der Waals surface area contributed by atoms with Crippen LogP contribution in [0, 0.1) is 11.6 Å². The molecule has 134 valence electrons. The molecule has 0 unspecified atom stereocenters. The molecule has 0 spiro atoms. The van der Waals surface area contributed by atoms with Crippen molar-refractivity contribution < 1.29 is 18.3 Å². The standard InChI is InChI=1S/C21H19F2NO2/c22-18-8-4-7-17(21(18)23)16-9-10-19(25-12-11-24)20(13-16)26-14-15-5-2-1-3-6-15/h1-10,13H,11-12,14,24H2. The van der Waals surface area contributed by atoms with Crippen molar-refractivity contribution in [3.63, 3.8) is 0 Å². The van der Waals surface area contributed by atoms with Gasteiger partial charge in [0, 0.05) is 12.1 Å². The minimum atomic E-state index is -0.892. The molecule has 0 aromatic heterocycles. The molecule has 3 aromatic carbocycles. The molecule has 2 N–H and O–H groups in total. The van der Waals surface area contributed by atoms with E-state index in [1.165, 1.54) is 12.1 Å². The molecule has 0 radical (unpaired) electrons. The van der Waals surface area contributed by atoms with Crippen LogP contribution in [0.1, 0.15) is 5.56 Å². The minimum Gasteiger partial charge on any atom is -0.488 e. The first-order valence-corrected chi connectivity index (χ1v) is 8.27. The lowest BCUT2D eigenvalue weighted by Gasteiger charge is -2.14. The van der Waals surface area contributed by atoms with E-state index in [4.69, 9.17) is 15.2 Å². The average molecular weight is 355 g/mol. The fraction of sp³-hybridized carbons (Fsp3) is 0.143. The highest BCUT2D eigenvalue weighted by Crippen LogP contribution is 2.34. The fourth-order valence-corrected chi connectivity index (χ4v) is 2.54. The van der Waals surface area contributed by atoms with E-state index in [1.807, 2.05) is 30.3 Å². The average Bonchev–Trinajstić information content (AvgIpc) is 2.68. The van der Waals surface area contributed by atoms with E-state index >= 15 is 0 Å². The van der Waals surface area contributed by atoms with E-state index in [2.05, 4.69) is 0 Å². The van der Waals surface area contributed by atoms with Crippen LogP contribution in [0.5, 0.6) is 11.5 Å². The van der Waals surface area contributed by atoms with E-state index in [-0.39, 0.29) is 5.56 Å². The van der Waals surface area contributed by atoms with Crippen molar-refractivity contribution >= 4 is 0 Å². The molecular weight excluding hydrogens is 336 g/mol. The Kier molecular flexibility index (Phi) is 5.81. The van der Waals surface area contributed by atoms with Gasteiger partial charge in [0.05, 0.1) is 0 Å². The fourth-order valence-electron chi connectivity index (χ4n) is 2.54. The van der Waals surface area contributed by atoms with Gasteiger partial charge >= 0.3 is 0 Å². The van der Waals surface area contributed by atoms with Crippen LogP contribution >= 0.6 is 0 Å². The zero-order valence-electron chi connectivity index (χ0n) is 14.1. The van der Waals surface area contributed by atoms with E-state index in [9.17, 15) is 8.78 Å². The van der Waals surface area contributed by atoms with E-state index in [0.29, 0.717) is 36.8 Å². The lowest BCUT2D eigenvalue weighted by atomic mass is 10.0. The molecule has 3 nitrogen and oxygen atoms in total. The zero-order chi connectivity index (χ0) is 18.4. The first kappa shape index (κ1) is 17.9. The van der Waals surface area contributed by atoms with E-state index in [1.54, 1.807) is 18.2 Å². The molecule has 3 aromatic rings. The topological polar surface area (TPSA) is 44.5 Å². The Bertz CT molecular complexity index is 869. The molecule has 3 rings (SSSR count). The third-order valence-corrected chi connectivity index (χ3v) is 3.82. The number of nitrogens with two attached hydrogens (primary N) is 1. The second kappa shape index (κ2) is 8.45. The number of benzene rings is 3. The predicted molar refractivity (Wildman–Crippen MR) is 97.1 cm³/mol. The number of rotatable bonds is 7. The van der Waals surface area contributed by atoms with Crippen LogP contribution in [0.2, 0.25) is 0 Å². The monoisotopic (exact) mass is 355 g/mol. The van der Waals surface area contributed by atoms with Crippen LogP contribution in [0.25, 0.3) is 11.1 Å². The van der Waals surface area contributed by atoms with Gasteiger partial charge in [-0.05, 0) is 29.3 Å². The van der Waals surface area contributed by atoms with Crippen molar-refractivity contribution in [3.05, 3.63) is 83.9 Å². The summed E-state index contributed by atoms with van der Waals surface area (Å²) < 4.78 is 39.1. The predicted octanol–water partition coefficient (Wildman–Crippen LogP) is 4.55. The van der Waals surface area contributed by atoms with Gasteiger partial charge in [0.15, 0.2) is 23.1 Å². The van der Waals surface area contributed by atoms with Crippen LogP contribution in [0.15, 0.2) is 66.7 Å². The molecular formula is C21H19F2NO2. The second-order valence-corrected chi connectivity index (χ2v) is 5.67. The highest BCUT2D eigenvalue weighted by Gasteiger charge is 2.13. The molecule has 0 aliphatic carbocycles. The quantitative estimate of drug-likeness (QED) is 0.676. The number of hydrogen-bond acceptors (Lipinski definition) is 3. The van der Waals surface area contributed by atoms with Gasteiger partial charge in [-0.15, -0.1) is 0 Å². The second-order valence-electron chi connectivity index (χ2n) is 5.67. The maximum absolute atomic E-state index is 14.1. The smallest absolute Gasteiger partial charge is 0.166 e. The van der Waals surface area contributed by atoms with Crippen LogP contribution in [0.3, 0.4) is 0 Å². The van der Waals surface area contributed by atoms with Crippen molar-refractivity contribution in [2.45, 2.75) is 6.61 Å². The van der Waals surface area contributed by atoms with Gasteiger partial charge in [0.1, 0.15) is 13.2 Å². The summed E-state index contributed by atoms with van der Waals surface area (Å²) in [6, 6.07) is 18.7. The van der Waals surface area contributed by atoms with Crippen molar-refractivity contribution in [1.29, 1.82) is 0 Å². The molecule has 0 fully saturated rings. The molecule has 0 atom stereocenters. The van der Waals surface area contributed by atoms with Gasteiger partial charge < -0.3 is 15.2 Å². The lowest BCUT2D eigenvalue weighted by molar-refractivity contribution is 0.266. The molecule has 0 aliphatic heterocycles. The van der Waals surface area contributed by atoms with Gasteiger partial charge in [-0.25, -0.2) is 8.78 Å². The van der Waals surface area contributed by atoms with Gasteiger partial charge in [-0.3, -0.25) is 0 Å².